The van der Waals surface area contributed by atoms with Crippen molar-refractivity contribution in [3.8, 4) is 5.75 Å². The fourth-order valence-electron chi connectivity index (χ4n) is 3.79. The van der Waals surface area contributed by atoms with Crippen LogP contribution in [0, 0.1) is 6.92 Å². The number of para-hydroxylation sites is 2. The highest BCUT2D eigenvalue weighted by Crippen LogP contribution is 2.29. The molecule has 0 saturated carbocycles. The minimum absolute atomic E-state index is 0.0977. The molecule has 186 valence electrons. The van der Waals surface area contributed by atoms with Crippen molar-refractivity contribution in [3.05, 3.63) is 59.7 Å². The SMILES string of the molecule is CC[C@H](C(=O)NC)N(Cc1ccc(C)cc1)C(=O)CCCN(c1ccccc1OC)S(C)(=O)=O. The first-order valence-corrected chi connectivity index (χ1v) is 13.1. The van der Waals surface area contributed by atoms with Gasteiger partial charge >= 0.3 is 0 Å². The van der Waals surface area contributed by atoms with E-state index in [1.807, 2.05) is 38.1 Å². The van der Waals surface area contributed by atoms with Crippen molar-refractivity contribution in [1.29, 1.82) is 0 Å². The van der Waals surface area contributed by atoms with Crippen LogP contribution in [0.1, 0.15) is 37.3 Å². The zero-order chi connectivity index (χ0) is 25.3. The van der Waals surface area contributed by atoms with E-state index in [0.29, 0.717) is 30.8 Å². The van der Waals surface area contributed by atoms with Gasteiger partial charge in [-0.3, -0.25) is 13.9 Å². The maximum Gasteiger partial charge on any atom is 0.242 e. The number of benzene rings is 2. The number of rotatable bonds is 12. The largest absolute Gasteiger partial charge is 0.495 e. The number of nitrogens with zero attached hydrogens (tertiary/aromatic N) is 2. The molecule has 1 N–H and O–H groups in total. The highest BCUT2D eigenvalue weighted by Gasteiger charge is 2.28. The number of anilines is 1. The van der Waals surface area contributed by atoms with Gasteiger partial charge < -0.3 is 15.0 Å². The number of carbonyl (C=O) groups excluding carboxylic acids is 2. The van der Waals surface area contributed by atoms with Crippen LogP contribution in [0.3, 0.4) is 0 Å². The number of carbonyl (C=O) groups is 2. The zero-order valence-corrected chi connectivity index (χ0v) is 21.4. The van der Waals surface area contributed by atoms with Gasteiger partial charge in [0.15, 0.2) is 0 Å². The molecule has 0 spiro atoms. The number of sulfonamides is 1. The number of aryl methyl sites for hydroxylation is 1. The first-order chi connectivity index (χ1) is 16.1. The number of ether oxygens (including phenoxy) is 1. The molecule has 0 bridgehead atoms. The Morgan fingerprint density at radius 2 is 1.74 bits per heavy atom. The molecule has 0 fully saturated rings. The molecule has 9 heteroatoms. The van der Waals surface area contributed by atoms with Crippen molar-refractivity contribution in [2.75, 3.05) is 31.3 Å². The average molecular weight is 490 g/mol. The number of hydrogen-bond acceptors (Lipinski definition) is 5. The summed E-state index contributed by atoms with van der Waals surface area (Å²) in [4.78, 5) is 27.4. The molecule has 0 saturated heterocycles. The van der Waals surface area contributed by atoms with Crippen molar-refractivity contribution in [1.82, 2.24) is 10.2 Å². The lowest BCUT2D eigenvalue weighted by molar-refractivity contribution is -0.141. The summed E-state index contributed by atoms with van der Waals surface area (Å²) < 4.78 is 31.5. The van der Waals surface area contributed by atoms with Crippen LogP contribution in [0.25, 0.3) is 0 Å². The van der Waals surface area contributed by atoms with Gasteiger partial charge in [0.05, 0.1) is 19.1 Å². The first-order valence-electron chi connectivity index (χ1n) is 11.3. The molecule has 1 atom stereocenters. The Bertz CT molecular complexity index is 1070. The summed E-state index contributed by atoms with van der Waals surface area (Å²) in [6, 6.07) is 14.1. The summed E-state index contributed by atoms with van der Waals surface area (Å²) >= 11 is 0. The Hall–Kier alpha value is -3.07. The van der Waals surface area contributed by atoms with E-state index in [9.17, 15) is 18.0 Å². The Kier molecular flexibility index (Phi) is 9.92. The fourth-order valence-corrected chi connectivity index (χ4v) is 4.76. The van der Waals surface area contributed by atoms with Gasteiger partial charge in [0.1, 0.15) is 11.8 Å². The van der Waals surface area contributed by atoms with Crippen LogP contribution in [0.2, 0.25) is 0 Å². The van der Waals surface area contributed by atoms with E-state index in [4.69, 9.17) is 4.74 Å². The van der Waals surface area contributed by atoms with E-state index >= 15 is 0 Å². The van der Waals surface area contributed by atoms with Gasteiger partial charge in [0, 0.05) is 26.6 Å². The summed E-state index contributed by atoms with van der Waals surface area (Å²) in [5.41, 5.74) is 2.46. The van der Waals surface area contributed by atoms with Crippen LogP contribution in [0.15, 0.2) is 48.5 Å². The molecular weight excluding hydrogens is 454 g/mol. The van der Waals surface area contributed by atoms with Gasteiger partial charge in [-0.25, -0.2) is 8.42 Å². The molecule has 0 aliphatic heterocycles. The van der Waals surface area contributed by atoms with E-state index in [1.54, 1.807) is 36.2 Å². The molecule has 0 radical (unpaired) electrons. The molecule has 0 unspecified atom stereocenters. The van der Waals surface area contributed by atoms with Crippen LogP contribution in [0.5, 0.6) is 5.75 Å². The van der Waals surface area contributed by atoms with Gasteiger partial charge in [-0.1, -0.05) is 48.9 Å². The Labute approximate surface area is 202 Å². The monoisotopic (exact) mass is 489 g/mol. The van der Waals surface area contributed by atoms with Gasteiger partial charge in [-0.2, -0.15) is 0 Å². The molecule has 8 nitrogen and oxygen atoms in total. The third-order valence-corrected chi connectivity index (χ3v) is 6.79. The molecule has 0 aliphatic rings. The van der Waals surface area contributed by atoms with Crippen LogP contribution < -0.4 is 14.4 Å². The van der Waals surface area contributed by atoms with Gasteiger partial charge in [0.25, 0.3) is 0 Å². The standard InChI is InChI=1S/C25H35N3O5S/c1-6-21(25(30)26-3)27(18-20-15-13-19(2)14-16-20)24(29)12-9-17-28(34(5,31)32)22-10-7-8-11-23(22)33-4/h7-8,10-11,13-16,21H,6,9,12,17-18H2,1-5H3,(H,26,30)/t21-/m1/s1. The number of nitrogens with one attached hydrogen (secondary N) is 1. The minimum Gasteiger partial charge on any atom is -0.495 e. The minimum atomic E-state index is -3.60. The van der Waals surface area contributed by atoms with Gasteiger partial charge in [-0.05, 0) is 37.5 Å². The van der Waals surface area contributed by atoms with E-state index in [0.717, 1.165) is 17.4 Å². The maximum atomic E-state index is 13.3. The molecule has 0 heterocycles. The number of likely N-dealkylation sites (N-methyl/N-ethyl adjacent to an activating group) is 1. The van der Waals surface area contributed by atoms with E-state index in [1.165, 1.54) is 11.4 Å². The Morgan fingerprint density at radius 3 is 2.29 bits per heavy atom. The molecule has 2 amide bonds. The Morgan fingerprint density at radius 1 is 1.09 bits per heavy atom. The number of hydrogen-bond donors (Lipinski definition) is 1. The van der Waals surface area contributed by atoms with Crippen LogP contribution in [-0.2, 0) is 26.2 Å². The van der Waals surface area contributed by atoms with Crippen molar-refractivity contribution < 1.29 is 22.7 Å². The highest BCUT2D eigenvalue weighted by atomic mass is 32.2. The lowest BCUT2D eigenvalue weighted by atomic mass is 10.1. The quantitative estimate of drug-likeness (QED) is 0.494. The van der Waals surface area contributed by atoms with E-state index in [2.05, 4.69) is 5.32 Å². The lowest BCUT2D eigenvalue weighted by Crippen LogP contribution is -2.48. The molecular formula is C25H35N3O5S. The molecule has 34 heavy (non-hydrogen) atoms. The second kappa shape index (κ2) is 12.4. The first kappa shape index (κ1) is 27.2. The summed E-state index contributed by atoms with van der Waals surface area (Å²) in [5, 5.41) is 2.64. The number of methoxy groups -OCH3 is 1. The normalized spacial score (nSPS) is 12.0. The summed E-state index contributed by atoms with van der Waals surface area (Å²) in [6.07, 6.45) is 1.98. The predicted octanol–water partition coefficient (Wildman–Crippen LogP) is 3.10. The highest BCUT2D eigenvalue weighted by molar-refractivity contribution is 7.92. The second-order valence-corrected chi connectivity index (χ2v) is 10.1. The average Bonchev–Trinajstić information content (AvgIpc) is 2.81. The van der Waals surface area contributed by atoms with Crippen molar-refractivity contribution in [3.63, 3.8) is 0 Å². The van der Waals surface area contributed by atoms with Crippen molar-refractivity contribution in [2.45, 2.75) is 45.7 Å². The molecule has 2 rings (SSSR count). The summed E-state index contributed by atoms with van der Waals surface area (Å²) in [5.74, 6) is 0.00478. The third kappa shape index (κ3) is 7.21. The lowest BCUT2D eigenvalue weighted by Gasteiger charge is -2.31. The third-order valence-electron chi connectivity index (χ3n) is 5.61. The maximum absolute atomic E-state index is 13.3. The predicted molar refractivity (Wildman–Crippen MR) is 134 cm³/mol. The van der Waals surface area contributed by atoms with E-state index < -0.39 is 16.1 Å². The second-order valence-electron chi connectivity index (χ2n) is 8.16. The van der Waals surface area contributed by atoms with Crippen molar-refractivity contribution in [2.24, 2.45) is 0 Å². The van der Waals surface area contributed by atoms with Crippen molar-refractivity contribution >= 4 is 27.5 Å². The molecule has 2 aromatic carbocycles. The summed E-state index contributed by atoms with van der Waals surface area (Å²) in [6.45, 7) is 4.26. The molecule has 0 aromatic heterocycles. The zero-order valence-electron chi connectivity index (χ0n) is 20.6. The smallest absolute Gasteiger partial charge is 0.242 e. The molecule has 2 aromatic rings. The summed E-state index contributed by atoms with van der Waals surface area (Å²) in [7, 11) is -0.562. The molecule has 0 aliphatic carbocycles. The van der Waals surface area contributed by atoms with Gasteiger partial charge in [-0.15, -0.1) is 0 Å². The van der Waals surface area contributed by atoms with Gasteiger partial charge in [0.2, 0.25) is 21.8 Å². The topological polar surface area (TPSA) is 96.0 Å². The fraction of sp³-hybridized carbons (Fsp3) is 0.440. The van der Waals surface area contributed by atoms with Crippen LogP contribution >= 0.6 is 0 Å². The Balaban J connectivity index is 2.21. The van der Waals surface area contributed by atoms with Crippen LogP contribution in [0.4, 0.5) is 5.69 Å². The van der Waals surface area contributed by atoms with Crippen LogP contribution in [-0.4, -0.2) is 58.1 Å². The van der Waals surface area contributed by atoms with E-state index in [-0.39, 0.29) is 24.8 Å². The number of amides is 2.